The maximum Gasteiger partial charge on any atom is 0.257 e. The molecule has 0 spiro atoms. The molecule has 1 aliphatic carbocycles. The van der Waals surface area contributed by atoms with E-state index in [1.807, 2.05) is 15.8 Å². The molecule has 2 aromatic heterocycles. The molecule has 1 aliphatic heterocycles. The normalized spacial score (nSPS) is 19.7. The van der Waals surface area contributed by atoms with E-state index < -0.39 is 0 Å². The summed E-state index contributed by atoms with van der Waals surface area (Å²) in [5.74, 6) is 0.721. The van der Waals surface area contributed by atoms with Gasteiger partial charge in [-0.1, -0.05) is 19.3 Å². The zero-order valence-corrected chi connectivity index (χ0v) is 17.1. The molecule has 3 heterocycles. The van der Waals surface area contributed by atoms with E-state index in [0.717, 1.165) is 49.4 Å². The number of nitrogens with one attached hydrogen (secondary N) is 2. The molecule has 1 unspecified atom stereocenters. The number of amides is 1. The number of carbonyl (C=O) groups excluding carboxylic acids is 1. The van der Waals surface area contributed by atoms with Crippen molar-refractivity contribution >= 4 is 22.6 Å². The minimum Gasteiger partial charge on any atom is -0.381 e. The number of rotatable bonds is 5. The van der Waals surface area contributed by atoms with E-state index in [4.69, 9.17) is 0 Å². The summed E-state index contributed by atoms with van der Waals surface area (Å²) < 4.78 is 1.89. The molecule has 1 amide bonds. The Hall–Kier alpha value is -2.15. The Labute approximate surface area is 166 Å². The van der Waals surface area contributed by atoms with Crippen LogP contribution in [0.3, 0.4) is 0 Å². The molecule has 1 saturated heterocycles. The molecule has 1 atom stereocenters. The van der Waals surface area contributed by atoms with Gasteiger partial charge >= 0.3 is 0 Å². The Bertz CT molecular complexity index is 820. The summed E-state index contributed by atoms with van der Waals surface area (Å²) in [6.45, 7) is 8.24. The summed E-state index contributed by atoms with van der Waals surface area (Å²) >= 11 is 0. The summed E-state index contributed by atoms with van der Waals surface area (Å²) in [5.41, 5.74) is 2.43. The van der Waals surface area contributed by atoms with E-state index in [9.17, 15) is 4.79 Å². The van der Waals surface area contributed by atoms with Gasteiger partial charge in [-0.25, -0.2) is 9.67 Å². The van der Waals surface area contributed by atoms with Gasteiger partial charge in [0.25, 0.3) is 5.91 Å². The molecule has 0 radical (unpaired) electrons. The fraction of sp³-hybridized carbons (Fsp3) is 0.667. The maximum atomic E-state index is 13.3. The van der Waals surface area contributed by atoms with Gasteiger partial charge in [-0.3, -0.25) is 4.79 Å². The van der Waals surface area contributed by atoms with Crippen LogP contribution in [-0.2, 0) is 6.54 Å². The molecule has 28 heavy (non-hydrogen) atoms. The molecular formula is C21H32N6O. The predicted molar refractivity (Wildman–Crippen MR) is 112 cm³/mol. The zero-order chi connectivity index (χ0) is 19.5. The van der Waals surface area contributed by atoms with Gasteiger partial charge in [-0.15, -0.1) is 0 Å². The molecule has 2 fully saturated rings. The van der Waals surface area contributed by atoms with Crippen molar-refractivity contribution in [2.45, 2.75) is 58.5 Å². The minimum absolute atomic E-state index is 0.0680. The van der Waals surface area contributed by atoms with Crippen LogP contribution in [0.5, 0.6) is 0 Å². The van der Waals surface area contributed by atoms with Crippen LogP contribution in [-0.4, -0.2) is 57.8 Å². The van der Waals surface area contributed by atoms with Crippen molar-refractivity contribution in [2.24, 2.45) is 5.92 Å². The molecule has 4 rings (SSSR count). The fourth-order valence-corrected chi connectivity index (χ4v) is 4.59. The van der Waals surface area contributed by atoms with Crippen LogP contribution >= 0.6 is 0 Å². The van der Waals surface area contributed by atoms with Crippen molar-refractivity contribution in [1.29, 1.82) is 0 Å². The molecule has 2 aromatic rings. The van der Waals surface area contributed by atoms with Crippen molar-refractivity contribution in [2.75, 3.05) is 31.5 Å². The number of pyridine rings is 1. The first-order valence-corrected chi connectivity index (χ1v) is 10.8. The van der Waals surface area contributed by atoms with Gasteiger partial charge in [-0.05, 0) is 32.6 Å². The Morgan fingerprint density at radius 3 is 2.71 bits per heavy atom. The van der Waals surface area contributed by atoms with E-state index in [-0.39, 0.29) is 5.91 Å². The highest BCUT2D eigenvalue weighted by atomic mass is 16.2. The monoisotopic (exact) mass is 384 g/mol. The highest BCUT2D eigenvalue weighted by molar-refractivity contribution is 6.06. The summed E-state index contributed by atoms with van der Waals surface area (Å²) in [5, 5.41) is 12.5. The molecule has 152 valence electrons. The first kappa shape index (κ1) is 19.2. The molecule has 7 nitrogen and oxygen atoms in total. The standard InChI is InChI=1S/C21H32N6O/c1-3-27-20-17(14-24-27)19(25-15(2)16-7-5-4-6-8-16)18(13-23-20)21(28)26-11-9-22-10-12-26/h13-16,22H,3-12H2,1-2H3,(H,23,25). The number of hydrogen-bond acceptors (Lipinski definition) is 5. The second kappa shape index (κ2) is 8.47. The van der Waals surface area contributed by atoms with Crippen molar-refractivity contribution in [3.8, 4) is 0 Å². The van der Waals surface area contributed by atoms with Crippen molar-refractivity contribution in [1.82, 2.24) is 25.0 Å². The summed E-state index contributed by atoms with van der Waals surface area (Å²) in [4.78, 5) is 19.8. The fourth-order valence-electron chi connectivity index (χ4n) is 4.59. The van der Waals surface area contributed by atoms with Gasteiger partial charge in [0.05, 0.1) is 22.8 Å². The van der Waals surface area contributed by atoms with Gasteiger partial charge in [0.2, 0.25) is 0 Å². The van der Waals surface area contributed by atoms with Gasteiger partial charge in [-0.2, -0.15) is 5.10 Å². The Kier molecular flexibility index (Phi) is 5.80. The van der Waals surface area contributed by atoms with Gasteiger partial charge in [0.1, 0.15) is 0 Å². The lowest BCUT2D eigenvalue weighted by Gasteiger charge is -2.31. The van der Waals surface area contributed by atoms with Gasteiger partial charge in [0.15, 0.2) is 5.65 Å². The average Bonchev–Trinajstić information content (AvgIpc) is 3.18. The van der Waals surface area contributed by atoms with Crippen LogP contribution in [0.25, 0.3) is 11.0 Å². The van der Waals surface area contributed by atoms with E-state index in [1.54, 1.807) is 6.20 Å². The molecular weight excluding hydrogens is 352 g/mol. The van der Waals surface area contributed by atoms with Crippen LogP contribution in [0.15, 0.2) is 12.4 Å². The van der Waals surface area contributed by atoms with Crippen LogP contribution in [0.4, 0.5) is 5.69 Å². The Balaban J connectivity index is 1.69. The SMILES string of the molecule is CCn1ncc2c(NC(C)C3CCCCC3)c(C(=O)N3CCNCC3)cnc21. The zero-order valence-electron chi connectivity index (χ0n) is 17.1. The molecule has 0 aromatic carbocycles. The van der Waals surface area contributed by atoms with Crippen molar-refractivity contribution < 1.29 is 4.79 Å². The van der Waals surface area contributed by atoms with Crippen molar-refractivity contribution in [3.05, 3.63) is 18.0 Å². The van der Waals surface area contributed by atoms with Crippen LogP contribution in [0.2, 0.25) is 0 Å². The molecule has 2 aliphatic rings. The van der Waals surface area contributed by atoms with Crippen LogP contribution in [0, 0.1) is 5.92 Å². The number of piperazine rings is 1. The van der Waals surface area contributed by atoms with Gasteiger partial charge in [0, 0.05) is 45.0 Å². The largest absolute Gasteiger partial charge is 0.381 e. The predicted octanol–water partition coefficient (Wildman–Crippen LogP) is 2.88. The first-order chi connectivity index (χ1) is 13.7. The lowest BCUT2D eigenvalue weighted by molar-refractivity contribution is 0.0736. The number of carbonyl (C=O) groups is 1. The summed E-state index contributed by atoms with van der Waals surface area (Å²) in [6, 6.07) is 0.324. The molecule has 0 bridgehead atoms. The second-order valence-electron chi connectivity index (χ2n) is 8.12. The Morgan fingerprint density at radius 1 is 1.25 bits per heavy atom. The number of anilines is 1. The number of aromatic nitrogens is 3. The number of fused-ring (bicyclic) bond motifs is 1. The Morgan fingerprint density at radius 2 is 2.00 bits per heavy atom. The smallest absolute Gasteiger partial charge is 0.257 e. The van der Waals surface area contributed by atoms with Crippen molar-refractivity contribution in [3.63, 3.8) is 0 Å². The lowest BCUT2D eigenvalue weighted by Crippen LogP contribution is -2.46. The van der Waals surface area contributed by atoms with E-state index in [1.165, 1.54) is 32.1 Å². The van der Waals surface area contributed by atoms with E-state index in [2.05, 4.69) is 34.6 Å². The number of aryl methyl sites for hydroxylation is 1. The minimum atomic E-state index is 0.0680. The highest BCUT2D eigenvalue weighted by Crippen LogP contribution is 2.32. The summed E-state index contributed by atoms with van der Waals surface area (Å²) in [6.07, 6.45) is 10.1. The first-order valence-electron chi connectivity index (χ1n) is 10.8. The highest BCUT2D eigenvalue weighted by Gasteiger charge is 2.26. The number of nitrogens with zero attached hydrogens (tertiary/aromatic N) is 4. The van der Waals surface area contributed by atoms with Crippen LogP contribution in [0.1, 0.15) is 56.3 Å². The van der Waals surface area contributed by atoms with Gasteiger partial charge < -0.3 is 15.5 Å². The third kappa shape index (κ3) is 3.72. The average molecular weight is 385 g/mol. The molecule has 1 saturated carbocycles. The lowest BCUT2D eigenvalue weighted by atomic mass is 9.84. The topological polar surface area (TPSA) is 75.1 Å². The third-order valence-electron chi connectivity index (χ3n) is 6.33. The van der Waals surface area contributed by atoms with E-state index in [0.29, 0.717) is 17.5 Å². The molecule has 2 N–H and O–H groups in total. The molecule has 7 heteroatoms. The second-order valence-corrected chi connectivity index (χ2v) is 8.12. The number of hydrogen-bond donors (Lipinski definition) is 2. The third-order valence-corrected chi connectivity index (χ3v) is 6.33. The quantitative estimate of drug-likeness (QED) is 0.829. The van der Waals surface area contributed by atoms with E-state index >= 15 is 0 Å². The van der Waals surface area contributed by atoms with Crippen LogP contribution < -0.4 is 10.6 Å². The summed E-state index contributed by atoms with van der Waals surface area (Å²) in [7, 11) is 0. The maximum absolute atomic E-state index is 13.3.